The molecule has 0 aromatic carbocycles. The van der Waals surface area contributed by atoms with Crippen LogP contribution < -0.4 is 11.0 Å². The first kappa shape index (κ1) is 13.7. The molecule has 0 saturated heterocycles. The molecule has 0 radical (unpaired) electrons. The predicted molar refractivity (Wildman–Crippen MR) is 76.8 cm³/mol. The highest BCUT2D eigenvalue weighted by Crippen LogP contribution is 2.36. The van der Waals surface area contributed by atoms with Crippen molar-refractivity contribution >= 4 is 17.7 Å². The SMILES string of the molecule is CC(Sc1n[nH]c(=O)n1C1CC1)C(=O)NC1CCCC1. The van der Waals surface area contributed by atoms with Crippen molar-refractivity contribution in [2.75, 3.05) is 0 Å². The molecule has 0 aliphatic heterocycles. The van der Waals surface area contributed by atoms with E-state index in [-0.39, 0.29) is 22.9 Å². The standard InChI is InChI=1S/C13H20N4O2S/c1-8(11(18)14-9-4-2-3-5-9)20-13-16-15-12(19)17(13)10-6-7-10/h8-10H,2-7H2,1H3,(H,14,18)(H,15,19). The molecule has 2 aliphatic rings. The van der Waals surface area contributed by atoms with E-state index >= 15 is 0 Å². The first-order chi connectivity index (χ1) is 9.65. The molecule has 0 bridgehead atoms. The molecule has 3 rings (SSSR count). The molecule has 1 unspecified atom stereocenters. The van der Waals surface area contributed by atoms with Gasteiger partial charge in [-0.2, -0.15) is 0 Å². The first-order valence-electron chi connectivity index (χ1n) is 7.29. The number of rotatable bonds is 5. The zero-order valence-electron chi connectivity index (χ0n) is 11.6. The Morgan fingerprint density at radius 3 is 2.75 bits per heavy atom. The summed E-state index contributed by atoms with van der Waals surface area (Å²) in [4.78, 5) is 23.8. The Balaban J connectivity index is 1.61. The fourth-order valence-corrected chi connectivity index (χ4v) is 3.56. The zero-order chi connectivity index (χ0) is 14.1. The number of H-pyrrole nitrogens is 1. The lowest BCUT2D eigenvalue weighted by atomic mass is 10.2. The number of nitrogens with one attached hydrogen (secondary N) is 2. The van der Waals surface area contributed by atoms with E-state index in [0.29, 0.717) is 11.2 Å². The molecule has 20 heavy (non-hydrogen) atoms. The van der Waals surface area contributed by atoms with Gasteiger partial charge < -0.3 is 5.32 Å². The number of aromatic nitrogens is 3. The molecule has 2 aliphatic carbocycles. The van der Waals surface area contributed by atoms with Gasteiger partial charge in [-0.05, 0) is 32.6 Å². The van der Waals surface area contributed by atoms with E-state index in [0.717, 1.165) is 25.7 Å². The summed E-state index contributed by atoms with van der Waals surface area (Å²) in [5.74, 6) is 0.0414. The molecule has 1 aromatic heterocycles. The summed E-state index contributed by atoms with van der Waals surface area (Å²) >= 11 is 1.36. The van der Waals surface area contributed by atoms with Gasteiger partial charge in [-0.25, -0.2) is 9.89 Å². The molecule has 2 fully saturated rings. The molecular weight excluding hydrogens is 276 g/mol. The topological polar surface area (TPSA) is 79.8 Å². The van der Waals surface area contributed by atoms with Gasteiger partial charge in [0.1, 0.15) is 0 Å². The molecule has 0 spiro atoms. The van der Waals surface area contributed by atoms with Crippen molar-refractivity contribution in [2.24, 2.45) is 0 Å². The Morgan fingerprint density at radius 2 is 2.10 bits per heavy atom. The molecular formula is C13H20N4O2S. The molecule has 110 valence electrons. The van der Waals surface area contributed by atoms with Crippen LogP contribution in [0.25, 0.3) is 0 Å². The molecule has 6 nitrogen and oxygen atoms in total. The Hall–Kier alpha value is -1.24. The van der Waals surface area contributed by atoms with Crippen LogP contribution in [0.2, 0.25) is 0 Å². The van der Waals surface area contributed by atoms with E-state index in [9.17, 15) is 9.59 Å². The molecule has 1 amide bonds. The van der Waals surface area contributed by atoms with Gasteiger partial charge in [0.25, 0.3) is 0 Å². The van der Waals surface area contributed by atoms with Crippen molar-refractivity contribution in [2.45, 2.75) is 67.9 Å². The number of aromatic amines is 1. The van der Waals surface area contributed by atoms with Crippen LogP contribution in [0, 0.1) is 0 Å². The van der Waals surface area contributed by atoms with Crippen LogP contribution in [0.4, 0.5) is 0 Å². The van der Waals surface area contributed by atoms with Gasteiger partial charge in [0.05, 0.1) is 5.25 Å². The van der Waals surface area contributed by atoms with E-state index in [2.05, 4.69) is 15.5 Å². The summed E-state index contributed by atoms with van der Waals surface area (Å²) in [5, 5.41) is 10.0. The smallest absolute Gasteiger partial charge is 0.344 e. The van der Waals surface area contributed by atoms with E-state index in [4.69, 9.17) is 0 Å². The lowest BCUT2D eigenvalue weighted by Gasteiger charge is -2.16. The summed E-state index contributed by atoms with van der Waals surface area (Å²) in [5.41, 5.74) is -0.168. The van der Waals surface area contributed by atoms with Gasteiger partial charge in [0, 0.05) is 12.1 Å². The summed E-state index contributed by atoms with van der Waals surface area (Å²) in [6, 6.07) is 0.601. The van der Waals surface area contributed by atoms with Crippen molar-refractivity contribution in [3.63, 3.8) is 0 Å². The van der Waals surface area contributed by atoms with Crippen LogP contribution in [-0.4, -0.2) is 32.0 Å². The van der Waals surface area contributed by atoms with E-state index in [1.807, 2.05) is 6.92 Å². The molecule has 1 atom stereocenters. The highest BCUT2D eigenvalue weighted by molar-refractivity contribution is 8.00. The molecule has 7 heteroatoms. The Morgan fingerprint density at radius 1 is 1.40 bits per heavy atom. The average molecular weight is 296 g/mol. The molecule has 1 heterocycles. The largest absolute Gasteiger partial charge is 0.352 e. The second-order valence-corrected chi connectivity index (χ2v) is 6.97. The second-order valence-electron chi connectivity index (χ2n) is 5.66. The Kier molecular flexibility index (Phi) is 3.87. The first-order valence-corrected chi connectivity index (χ1v) is 8.17. The highest BCUT2D eigenvalue weighted by Gasteiger charge is 2.30. The lowest BCUT2D eigenvalue weighted by molar-refractivity contribution is -0.120. The third-order valence-corrected chi connectivity index (χ3v) is 5.00. The van der Waals surface area contributed by atoms with Crippen LogP contribution in [-0.2, 0) is 4.79 Å². The van der Waals surface area contributed by atoms with Gasteiger partial charge in [0.2, 0.25) is 5.91 Å². The maximum atomic E-state index is 12.1. The number of thioether (sulfide) groups is 1. The number of hydrogen-bond donors (Lipinski definition) is 2. The summed E-state index contributed by atoms with van der Waals surface area (Å²) in [6.45, 7) is 1.87. The summed E-state index contributed by atoms with van der Waals surface area (Å²) < 4.78 is 1.68. The van der Waals surface area contributed by atoms with Crippen molar-refractivity contribution in [1.82, 2.24) is 20.1 Å². The average Bonchev–Trinajstić information content (AvgIpc) is 3.00. The minimum absolute atomic E-state index is 0.0414. The third-order valence-electron chi connectivity index (χ3n) is 3.94. The normalized spacial score (nSPS) is 21.1. The van der Waals surface area contributed by atoms with Gasteiger partial charge in [-0.1, -0.05) is 24.6 Å². The van der Waals surface area contributed by atoms with Crippen LogP contribution in [0.3, 0.4) is 0 Å². The van der Waals surface area contributed by atoms with Crippen LogP contribution >= 0.6 is 11.8 Å². The van der Waals surface area contributed by atoms with Crippen LogP contribution in [0.5, 0.6) is 0 Å². The maximum Gasteiger partial charge on any atom is 0.344 e. The van der Waals surface area contributed by atoms with Crippen LogP contribution in [0.1, 0.15) is 51.5 Å². The molecule has 1 aromatic rings. The number of carbonyl (C=O) groups excluding carboxylic acids is 1. The Bertz CT molecular complexity index is 543. The number of nitrogens with zero attached hydrogens (tertiary/aromatic N) is 2. The zero-order valence-corrected chi connectivity index (χ0v) is 12.4. The minimum atomic E-state index is -0.233. The Labute approximate surface area is 121 Å². The fraction of sp³-hybridized carbons (Fsp3) is 0.769. The van der Waals surface area contributed by atoms with Gasteiger partial charge in [0.15, 0.2) is 5.16 Å². The maximum absolute atomic E-state index is 12.1. The van der Waals surface area contributed by atoms with Crippen molar-refractivity contribution in [3.05, 3.63) is 10.5 Å². The van der Waals surface area contributed by atoms with Crippen LogP contribution in [0.15, 0.2) is 9.95 Å². The molecule has 2 saturated carbocycles. The lowest BCUT2D eigenvalue weighted by Crippen LogP contribution is -2.37. The van der Waals surface area contributed by atoms with Crippen molar-refractivity contribution in [1.29, 1.82) is 0 Å². The minimum Gasteiger partial charge on any atom is -0.352 e. The monoisotopic (exact) mass is 296 g/mol. The number of carbonyl (C=O) groups is 1. The summed E-state index contributed by atoms with van der Waals surface area (Å²) in [7, 11) is 0. The number of hydrogen-bond acceptors (Lipinski definition) is 4. The fourth-order valence-electron chi connectivity index (χ4n) is 2.63. The highest BCUT2D eigenvalue weighted by atomic mass is 32.2. The van der Waals surface area contributed by atoms with Gasteiger partial charge >= 0.3 is 5.69 Å². The predicted octanol–water partition coefficient (Wildman–Crippen LogP) is 1.45. The van der Waals surface area contributed by atoms with Crippen molar-refractivity contribution < 1.29 is 4.79 Å². The third kappa shape index (κ3) is 2.92. The van der Waals surface area contributed by atoms with Crippen molar-refractivity contribution in [3.8, 4) is 0 Å². The van der Waals surface area contributed by atoms with E-state index in [1.54, 1.807) is 4.57 Å². The summed E-state index contributed by atoms with van der Waals surface area (Å²) in [6.07, 6.45) is 6.61. The van der Waals surface area contributed by atoms with E-state index < -0.39 is 0 Å². The van der Waals surface area contributed by atoms with Gasteiger partial charge in [-0.15, -0.1) is 5.10 Å². The van der Waals surface area contributed by atoms with E-state index in [1.165, 1.54) is 24.6 Å². The van der Waals surface area contributed by atoms with Gasteiger partial charge in [-0.3, -0.25) is 9.36 Å². The number of amides is 1. The second kappa shape index (κ2) is 5.63. The molecule has 2 N–H and O–H groups in total. The quantitative estimate of drug-likeness (QED) is 0.806.